The van der Waals surface area contributed by atoms with Crippen LogP contribution in [0.15, 0.2) is 6.07 Å². The molecule has 0 atom stereocenters. The molecule has 1 heterocycles. The Morgan fingerprint density at radius 2 is 2.00 bits per heavy atom. The maximum Gasteiger partial charge on any atom is 0.218 e. The normalized spacial score (nSPS) is 10.7. The zero-order valence-corrected chi connectivity index (χ0v) is 11.9. The highest BCUT2D eigenvalue weighted by Crippen LogP contribution is 2.20. The number of rotatable bonds is 8. The van der Waals surface area contributed by atoms with Crippen LogP contribution >= 0.6 is 0 Å². The first-order valence-corrected chi connectivity index (χ1v) is 6.51. The Labute approximate surface area is 110 Å². The third-order valence-corrected chi connectivity index (χ3v) is 2.61. The summed E-state index contributed by atoms with van der Waals surface area (Å²) in [5, 5.41) is 3.14. The van der Waals surface area contributed by atoms with E-state index in [4.69, 9.17) is 9.47 Å². The molecule has 0 bridgehead atoms. The van der Waals surface area contributed by atoms with Crippen LogP contribution in [0, 0.1) is 13.8 Å². The van der Waals surface area contributed by atoms with Crippen molar-refractivity contribution in [1.29, 1.82) is 0 Å². The van der Waals surface area contributed by atoms with Crippen LogP contribution in [0.25, 0.3) is 0 Å². The van der Waals surface area contributed by atoms with Crippen LogP contribution in [-0.4, -0.2) is 31.9 Å². The van der Waals surface area contributed by atoms with Gasteiger partial charge in [0.1, 0.15) is 6.61 Å². The van der Waals surface area contributed by atoms with Gasteiger partial charge in [-0.25, -0.2) is 4.98 Å². The number of nitrogens with zero attached hydrogens (tertiary/aromatic N) is 1. The zero-order valence-electron chi connectivity index (χ0n) is 11.9. The van der Waals surface area contributed by atoms with E-state index in [1.165, 1.54) is 5.56 Å². The second kappa shape index (κ2) is 8.06. The van der Waals surface area contributed by atoms with Crippen molar-refractivity contribution >= 4 is 0 Å². The summed E-state index contributed by atoms with van der Waals surface area (Å²) >= 11 is 0. The predicted molar refractivity (Wildman–Crippen MR) is 73.1 cm³/mol. The molecule has 4 nitrogen and oxygen atoms in total. The van der Waals surface area contributed by atoms with E-state index in [0.29, 0.717) is 13.2 Å². The van der Waals surface area contributed by atoms with Crippen molar-refractivity contribution in [3.63, 3.8) is 0 Å². The molecule has 0 aromatic carbocycles. The molecule has 0 saturated carbocycles. The highest BCUT2D eigenvalue weighted by molar-refractivity contribution is 5.35. The molecular weight excluding hydrogens is 228 g/mol. The molecule has 102 valence electrons. The van der Waals surface area contributed by atoms with E-state index in [-0.39, 0.29) is 0 Å². The standard InChI is InChI=1S/C14H24N2O2/c1-5-6-17-7-8-18-14-13(10-15-4)11(2)9-12(3)16-14/h9,15H,5-8,10H2,1-4H3. The molecule has 0 radical (unpaired) electrons. The fourth-order valence-electron chi connectivity index (χ4n) is 1.78. The minimum Gasteiger partial charge on any atom is -0.475 e. The van der Waals surface area contributed by atoms with E-state index in [9.17, 15) is 0 Å². The molecular formula is C14H24N2O2. The highest BCUT2D eigenvalue weighted by atomic mass is 16.5. The Balaban J connectivity index is 2.62. The summed E-state index contributed by atoms with van der Waals surface area (Å²) in [6.07, 6.45) is 1.03. The van der Waals surface area contributed by atoms with Gasteiger partial charge in [0.05, 0.1) is 6.61 Å². The Morgan fingerprint density at radius 3 is 2.67 bits per heavy atom. The second-order valence-electron chi connectivity index (χ2n) is 4.36. The Hall–Kier alpha value is -1.13. The Kier molecular flexibility index (Phi) is 6.68. The molecule has 0 fully saturated rings. The van der Waals surface area contributed by atoms with Crippen LogP contribution in [0.3, 0.4) is 0 Å². The minimum absolute atomic E-state index is 0.548. The molecule has 1 aromatic rings. The highest BCUT2D eigenvalue weighted by Gasteiger charge is 2.09. The van der Waals surface area contributed by atoms with Crippen LogP contribution in [0.4, 0.5) is 0 Å². The van der Waals surface area contributed by atoms with Crippen molar-refractivity contribution in [1.82, 2.24) is 10.3 Å². The van der Waals surface area contributed by atoms with Gasteiger partial charge < -0.3 is 14.8 Å². The minimum atomic E-state index is 0.548. The van der Waals surface area contributed by atoms with Gasteiger partial charge in [-0.2, -0.15) is 0 Å². The van der Waals surface area contributed by atoms with Crippen LogP contribution in [0.1, 0.15) is 30.2 Å². The average molecular weight is 252 g/mol. The summed E-state index contributed by atoms with van der Waals surface area (Å²) in [6.45, 7) is 8.88. The fraction of sp³-hybridized carbons (Fsp3) is 0.643. The van der Waals surface area contributed by atoms with Gasteiger partial charge in [-0.1, -0.05) is 6.92 Å². The number of hydrogen-bond acceptors (Lipinski definition) is 4. The lowest BCUT2D eigenvalue weighted by Gasteiger charge is -2.13. The summed E-state index contributed by atoms with van der Waals surface area (Å²) < 4.78 is 11.1. The third kappa shape index (κ3) is 4.63. The number of ether oxygens (including phenoxy) is 2. The summed E-state index contributed by atoms with van der Waals surface area (Å²) in [5.74, 6) is 0.724. The van der Waals surface area contributed by atoms with Gasteiger partial charge in [0.25, 0.3) is 0 Å². The van der Waals surface area contributed by atoms with Crippen LogP contribution in [-0.2, 0) is 11.3 Å². The molecule has 1 N–H and O–H groups in total. The van der Waals surface area contributed by atoms with Crippen molar-refractivity contribution in [3.05, 3.63) is 22.9 Å². The van der Waals surface area contributed by atoms with Crippen molar-refractivity contribution in [3.8, 4) is 5.88 Å². The number of hydrogen-bond donors (Lipinski definition) is 1. The van der Waals surface area contributed by atoms with Crippen LogP contribution < -0.4 is 10.1 Å². The molecule has 0 saturated heterocycles. The molecule has 18 heavy (non-hydrogen) atoms. The topological polar surface area (TPSA) is 43.4 Å². The number of nitrogens with one attached hydrogen (secondary N) is 1. The van der Waals surface area contributed by atoms with Crippen LogP contribution in [0.5, 0.6) is 5.88 Å². The molecule has 0 amide bonds. The van der Waals surface area contributed by atoms with Gasteiger partial charge >= 0.3 is 0 Å². The number of aromatic nitrogens is 1. The monoisotopic (exact) mass is 252 g/mol. The van der Waals surface area contributed by atoms with Crippen molar-refractivity contribution in [2.75, 3.05) is 26.9 Å². The summed E-state index contributed by atoms with van der Waals surface area (Å²) in [4.78, 5) is 4.45. The third-order valence-electron chi connectivity index (χ3n) is 2.61. The summed E-state index contributed by atoms with van der Waals surface area (Å²) in [6, 6.07) is 2.08. The molecule has 0 unspecified atom stereocenters. The maximum atomic E-state index is 5.72. The van der Waals surface area contributed by atoms with E-state index in [2.05, 4.69) is 30.2 Å². The van der Waals surface area contributed by atoms with Crippen LogP contribution in [0.2, 0.25) is 0 Å². The first-order valence-electron chi connectivity index (χ1n) is 6.51. The molecule has 0 aliphatic carbocycles. The van der Waals surface area contributed by atoms with E-state index < -0.39 is 0 Å². The Bertz CT molecular complexity index is 367. The van der Waals surface area contributed by atoms with E-state index in [0.717, 1.165) is 36.7 Å². The first kappa shape index (κ1) is 14.9. The maximum absolute atomic E-state index is 5.72. The molecule has 1 rings (SSSR count). The van der Waals surface area contributed by atoms with Gasteiger partial charge in [0.15, 0.2) is 0 Å². The van der Waals surface area contributed by atoms with Gasteiger partial charge in [-0.15, -0.1) is 0 Å². The van der Waals surface area contributed by atoms with Gasteiger partial charge in [0, 0.05) is 24.4 Å². The molecule has 0 aliphatic rings. The lowest BCUT2D eigenvalue weighted by atomic mass is 10.1. The van der Waals surface area contributed by atoms with Gasteiger partial charge in [0.2, 0.25) is 5.88 Å². The Morgan fingerprint density at radius 1 is 1.22 bits per heavy atom. The largest absolute Gasteiger partial charge is 0.475 e. The van der Waals surface area contributed by atoms with E-state index >= 15 is 0 Å². The summed E-state index contributed by atoms with van der Waals surface area (Å²) in [7, 11) is 1.92. The zero-order chi connectivity index (χ0) is 13.4. The lowest BCUT2D eigenvalue weighted by molar-refractivity contribution is 0.0985. The average Bonchev–Trinajstić information content (AvgIpc) is 2.33. The van der Waals surface area contributed by atoms with Crippen molar-refractivity contribution < 1.29 is 9.47 Å². The first-order chi connectivity index (χ1) is 8.69. The number of pyridine rings is 1. The fourth-order valence-corrected chi connectivity index (χ4v) is 1.78. The molecule has 1 aromatic heterocycles. The predicted octanol–water partition coefficient (Wildman–Crippen LogP) is 2.22. The second-order valence-corrected chi connectivity index (χ2v) is 4.36. The molecule has 4 heteroatoms. The van der Waals surface area contributed by atoms with Gasteiger partial charge in [-0.3, -0.25) is 0 Å². The number of aryl methyl sites for hydroxylation is 2. The SMILES string of the molecule is CCCOCCOc1nc(C)cc(C)c1CNC. The lowest BCUT2D eigenvalue weighted by Crippen LogP contribution is -2.13. The van der Waals surface area contributed by atoms with Crippen molar-refractivity contribution in [2.45, 2.75) is 33.7 Å². The van der Waals surface area contributed by atoms with E-state index in [1.54, 1.807) is 0 Å². The van der Waals surface area contributed by atoms with E-state index in [1.807, 2.05) is 14.0 Å². The molecule has 0 spiro atoms. The van der Waals surface area contributed by atoms with Gasteiger partial charge in [-0.05, 0) is 38.9 Å². The molecule has 0 aliphatic heterocycles. The summed E-state index contributed by atoms with van der Waals surface area (Å²) in [5.41, 5.74) is 3.32. The smallest absolute Gasteiger partial charge is 0.218 e. The van der Waals surface area contributed by atoms with Crippen molar-refractivity contribution in [2.24, 2.45) is 0 Å². The quantitative estimate of drug-likeness (QED) is 0.720.